The Kier molecular flexibility index (Phi) is 3.79. The smallest absolute Gasteiger partial charge is 0.222 e. The van der Waals surface area contributed by atoms with Gasteiger partial charge in [0.05, 0.1) is 0 Å². The first-order valence-corrected chi connectivity index (χ1v) is 7.64. The molecule has 1 aromatic rings. The van der Waals surface area contributed by atoms with Crippen molar-refractivity contribution in [3.8, 4) is 0 Å². The van der Waals surface area contributed by atoms with Gasteiger partial charge in [-0.1, -0.05) is 24.3 Å². The quantitative estimate of drug-likeness (QED) is 0.840. The maximum absolute atomic E-state index is 12.4. The number of benzene rings is 1. The summed E-state index contributed by atoms with van der Waals surface area (Å²) < 4.78 is 0. The Morgan fingerprint density at radius 2 is 1.90 bits per heavy atom. The first-order chi connectivity index (χ1) is 9.63. The summed E-state index contributed by atoms with van der Waals surface area (Å²) >= 11 is 0. The van der Waals surface area contributed by atoms with Crippen LogP contribution in [0.1, 0.15) is 24.0 Å². The highest BCUT2D eigenvalue weighted by molar-refractivity contribution is 5.77. The predicted octanol–water partition coefficient (Wildman–Crippen LogP) is 1.95. The lowest BCUT2D eigenvalue weighted by atomic mass is 10.0. The maximum atomic E-state index is 12.4. The lowest BCUT2D eigenvalue weighted by Gasteiger charge is -2.21. The summed E-state index contributed by atoms with van der Waals surface area (Å²) in [6, 6.07) is 9.16. The zero-order valence-corrected chi connectivity index (χ0v) is 12.5. The summed E-state index contributed by atoms with van der Waals surface area (Å²) in [6.07, 6.45) is 3.98. The minimum absolute atomic E-state index is 0.354. The molecule has 20 heavy (non-hydrogen) atoms. The number of amides is 1. The molecule has 1 aliphatic heterocycles. The highest BCUT2D eigenvalue weighted by Gasteiger charge is 2.30. The highest BCUT2D eigenvalue weighted by atomic mass is 16.2. The van der Waals surface area contributed by atoms with Gasteiger partial charge < -0.3 is 9.80 Å². The SMILES string of the molecule is CN(C)C1CCN(C(=O)CC2Cc3ccccc3C2)C1. The van der Waals surface area contributed by atoms with Gasteiger partial charge in [0, 0.05) is 25.6 Å². The Hall–Kier alpha value is -1.35. The van der Waals surface area contributed by atoms with Gasteiger partial charge in [0.15, 0.2) is 0 Å². The molecular formula is C17H24N2O. The molecule has 1 aromatic carbocycles. The number of hydrogen-bond donors (Lipinski definition) is 0. The van der Waals surface area contributed by atoms with E-state index in [9.17, 15) is 4.79 Å². The monoisotopic (exact) mass is 272 g/mol. The molecule has 1 unspecified atom stereocenters. The summed E-state index contributed by atoms with van der Waals surface area (Å²) in [5.74, 6) is 0.866. The van der Waals surface area contributed by atoms with Gasteiger partial charge in [-0.05, 0) is 50.4 Å². The number of fused-ring (bicyclic) bond motifs is 1. The van der Waals surface area contributed by atoms with Crippen LogP contribution in [0.5, 0.6) is 0 Å². The van der Waals surface area contributed by atoms with Crippen molar-refractivity contribution in [2.45, 2.75) is 31.7 Å². The fourth-order valence-corrected chi connectivity index (χ4v) is 3.56. The summed E-state index contributed by atoms with van der Waals surface area (Å²) in [5, 5.41) is 0. The van der Waals surface area contributed by atoms with Crippen LogP contribution in [0, 0.1) is 5.92 Å². The molecule has 1 saturated heterocycles. The minimum atomic E-state index is 0.354. The van der Waals surface area contributed by atoms with E-state index in [1.807, 2.05) is 0 Å². The van der Waals surface area contributed by atoms with Crippen molar-refractivity contribution in [1.29, 1.82) is 0 Å². The molecule has 2 aliphatic rings. The van der Waals surface area contributed by atoms with Gasteiger partial charge in [-0.15, -0.1) is 0 Å². The van der Waals surface area contributed by atoms with E-state index in [0.717, 1.165) is 38.8 Å². The van der Waals surface area contributed by atoms with Crippen LogP contribution in [-0.2, 0) is 17.6 Å². The van der Waals surface area contributed by atoms with Gasteiger partial charge in [-0.25, -0.2) is 0 Å². The molecule has 0 bridgehead atoms. The third-order valence-corrected chi connectivity index (χ3v) is 4.85. The molecule has 1 amide bonds. The van der Waals surface area contributed by atoms with E-state index in [4.69, 9.17) is 0 Å². The molecule has 1 aliphatic carbocycles. The third-order valence-electron chi connectivity index (χ3n) is 4.85. The molecule has 0 N–H and O–H groups in total. The average Bonchev–Trinajstić information content (AvgIpc) is 3.04. The van der Waals surface area contributed by atoms with Crippen molar-refractivity contribution >= 4 is 5.91 Å². The molecule has 108 valence electrons. The number of likely N-dealkylation sites (tertiary alicyclic amines) is 1. The van der Waals surface area contributed by atoms with E-state index in [0.29, 0.717) is 17.9 Å². The fraction of sp³-hybridized carbons (Fsp3) is 0.588. The second-order valence-corrected chi connectivity index (χ2v) is 6.49. The first kappa shape index (κ1) is 13.6. The van der Waals surface area contributed by atoms with Gasteiger partial charge in [0.2, 0.25) is 5.91 Å². The van der Waals surface area contributed by atoms with Crippen LogP contribution >= 0.6 is 0 Å². The molecule has 0 radical (unpaired) electrons. The number of hydrogen-bond acceptors (Lipinski definition) is 2. The Balaban J connectivity index is 1.54. The number of nitrogens with zero attached hydrogens (tertiary/aromatic N) is 2. The zero-order valence-electron chi connectivity index (χ0n) is 12.5. The Labute approximate surface area is 121 Å². The van der Waals surface area contributed by atoms with E-state index in [2.05, 4.69) is 48.2 Å². The summed E-state index contributed by atoms with van der Waals surface area (Å²) in [5.41, 5.74) is 2.88. The third kappa shape index (κ3) is 2.73. The molecular weight excluding hydrogens is 248 g/mol. The van der Waals surface area contributed by atoms with Crippen molar-refractivity contribution in [1.82, 2.24) is 9.80 Å². The van der Waals surface area contributed by atoms with E-state index in [1.165, 1.54) is 11.1 Å². The van der Waals surface area contributed by atoms with E-state index in [1.54, 1.807) is 0 Å². The molecule has 3 nitrogen and oxygen atoms in total. The molecule has 3 rings (SSSR count). The summed E-state index contributed by atoms with van der Waals surface area (Å²) in [4.78, 5) is 16.7. The van der Waals surface area contributed by atoms with E-state index in [-0.39, 0.29) is 0 Å². The van der Waals surface area contributed by atoms with Crippen molar-refractivity contribution in [2.75, 3.05) is 27.2 Å². The minimum Gasteiger partial charge on any atom is -0.341 e. The topological polar surface area (TPSA) is 23.6 Å². The number of carbonyl (C=O) groups excluding carboxylic acids is 1. The maximum Gasteiger partial charge on any atom is 0.222 e. The van der Waals surface area contributed by atoms with Crippen molar-refractivity contribution in [2.24, 2.45) is 5.92 Å². The zero-order chi connectivity index (χ0) is 14.1. The van der Waals surface area contributed by atoms with Crippen LogP contribution in [-0.4, -0.2) is 48.9 Å². The first-order valence-electron chi connectivity index (χ1n) is 7.64. The molecule has 3 heteroatoms. The van der Waals surface area contributed by atoms with Gasteiger partial charge in [-0.2, -0.15) is 0 Å². The standard InChI is InChI=1S/C17H24N2O/c1-18(2)16-7-8-19(12-16)17(20)11-13-9-14-5-3-4-6-15(14)10-13/h3-6,13,16H,7-12H2,1-2H3. The van der Waals surface area contributed by atoms with Gasteiger partial charge in [0.1, 0.15) is 0 Å². The van der Waals surface area contributed by atoms with Crippen molar-refractivity contribution in [3.05, 3.63) is 35.4 Å². The predicted molar refractivity (Wildman–Crippen MR) is 80.6 cm³/mol. The number of likely N-dealkylation sites (N-methyl/N-ethyl adjacent to an activating group) is 1. The molecule has 1 fully saturated rings. The summed E-state index contributed by atoms with van der Waals surface area (Å²) in [6.45, 7) is 1.84. The van der Waals surface area contributed by atoms with E-state index < -0.39 is 0 Å². The Morgan fingerprint density at radius 1 is 1.25 bits per heavy atom. The average molecular weight is 272 g/mol. The molecule has 1 heterocycles. The van der Waals surface area contributed by atoms with Crippen LogP contribution < -0.4 is 0 Å². The van der Waals surface area contributed by atoms with Crippen LogP contribution in [0.15, 0.2) is 24.3 Å². The van der Waals surface area contributed by atoms with Gasteiger partial charge in [-0.3, -0.25) is 4.79 Å². The molecule has 0 saturated carbocycles. The number of rotatable bonds is 3. The Bertz CT molecular complexity index is 473. The molecule has 0 spiro atoms. The van der Waals surface area contributed by atoms with Crippen LogP contribution in [0.3, 0.4) is 0 Å². The van der Waals surface area contributed by atoms with Gasteiger partial charge in [0.25, 0.3) is 0 Å². The van der Waals surface area contributed by atoms with Crippen LogP contribution in [0.2, 0.25) is 0 Å². The van der Waals surface area contributed by atoms with E-state index >= 15 is 0 Å². The van der Waals surface area contributed by atoms with Crippen LogP contribution in [0.4, 0.5) is 0 Å². The largest absolute Gasteiger partial charge is 0.341 e. The molecule has 0 aromatic heterocycles. The lowest BCUT2D eigenvalue weighted by Crippen LogP contribution is -2.35. The number of carbonyl (C=O) groups is 1. The van der Waals surface area contributed by atoms with Crippen molar-refractivity contribution < 1.29 is 4.79 Å². The molecule has 1 atom stereocenters. The van der Waals surface area contributed by atoms with Crippen LogP contribution in [0.25, 0.3) is 0 Å². The second kappa shape index (κ2) is 5.57. The highest BCUT2D eigenvalue weighted by Crippen LogP contribution is 2.29. The van der Waals surface area contributed by atoms with Gasteiger partial charge >= 0.3 is 0 Å². The summed E-state index contributed by atoms with van der Waals surface area (Å²) in [7, 11) is 4.21. The lowest BCUT2D eigenvalue weighted by molar-refractivity contribution is -0.131. The van der Waals surface area contributed by atoms with Crippen molar-refractivity contribution in [3.63, 3.8) is 0 Å². The Morgan fingerprint density at radius 3 is 2.45 bits per heavy atom. The normalized spacial score (nSPS) is 22.6. The second-order valence-electron chi connectivity index (χ2n) is 6.49. The fourth-order valence-electron chi connectivity index (χ4n) is 3.56.